The molecule has 112 valence electrons. The molecule has 3 aromatic rings. The molecule has 0 aliphatic carbocycles. The number of fused-ring (bicyclic) bond motifs is 1. The zero-order valence-electron chi connectivity index (χ0n) is 12.4. The van der Waals surface area contributed by atoms with Crippen LogP contribution in [0, 0.1) is 6.92 Å². The van der Waals surface area contributed by atoms with Crippen molar-refractivity contribution in [1.29, 1.82) is 0 Å². The normalized spacial score (nSPS) is 18.2. The van der Waals surface area contributed by atoms with E-state index >= 15 is 0 Å². The summed E-state index contributed by atoms with van der Waals surface area (Å²) in [5, 5.41) is 3.95. The molecule has 3 aromatic heterocycles. The van der Waals surface area contributed by atoms with E-state index in [1.54, 1.807) is 0 Å². The Bertz CT molecular complexity index is 800. The van der Waals surface area contributed by atoms with E-state index in [1.807, 2.05) is 58.9 Å². The summed E-state index contributed by atoms with van der Waals surface area (Å²) in [5.74, 6) is 0.840. The van der Waals surface area contributed by atoms with Gasteiger partial charge in [0, 0.05) is 30.5 Å². The Morgan fingerprint density at radius 1 is 1.36 bits per heavy atom. The van der Waals surface area contributed by atoms with E-state index in [2.05, 4.69) is 5.16 Å². The van der Waals surface area contributed by atoms with Crippen molar-refractivity contribution in [1.82, 2.24) is 14.5 Å². The highest BCUT2D eigenvalue weighted by Gasteiger charge is 2.33. The molecule has 1 aliphatic rings. The van der Waals surface area contributed by atoms with Gasteiger partial charge in [0.2, 0.25) is 0 Å². The highest BCUT2D eigenvalue weighted by molar-refractivity contribution is 5.96. The van der Waals surface area contributed by atoms with Gasteiger partial charge in [-0.15, -0.1) is 0 Å². The first kappa shape index (κ1) is 13.1. The van der Waals surface area contributed by atoms with E-state index in [0.29, 0.717) is 5.56 Å². The van der Waals surface area contributed by atoms with Crippen LogP contribution in [0.4, 0.5) is 0 Å². The number of nitrogens with zero attached hydrogens (tertiary/aromatic N) is 3. The van der Waals surface area contributed by atoms with Gasteiger partial charge in [-0.1, -0.05) is 11.2 Å². The van der Waals surface area contributed by atoms with Crippen LogP contribution in [-0.4, -0.2) is 26.9 Å². The minimum absolute atomic E-state index is 0.00304. The third kappa shape index (κ3) is 2.09. The van der Waals surface area contributed by atoms with Gasteiger partial charge in [0.05, 0.1) is 17.3 Å². The van der Waals surface area contributed by atoms with Crippen LogP contribution in [0.1, 0.15) is 40.7 Å². The summed E-state index contributed by atoms with van der Waals surface area (Å²) in [7, 11) is 0. The van der Waals surface area contributed by atoms with Crippen molar-refractivity contribution >= 4 is 11.4 Å². The molecule has 4 rings (SSSR count). The predicted molar refractivity (Wildman–Crippen MR) is 81.6 cm³/mol. The van der Waals surface area contributed by atoms with Crippen molar-refractivity contribution in [3.63, 3.8) is 0 Å². The fraction of sp³-hybridized carbons (Fsp3) is 0.294. The third-order valence-electron chi connectivity index (χ3n) is 4.24. The minimum atomic E-state index is -0.00304. The van der Waals surface area contributed by atoms with E-state index in [0.717, 1.165) is 36.4 Å². The average molecular weight is 295 g/mol. The summed E-state index contributed by atoms with van der Waals surface area (Å²) in [5.41, 5.74) is 2.59. The van der Waals surface area contributed by atoms with Crippen LogP contribution in [0.2, 0.25) is 0 Å². The van der Waals surface area contributed by atoms with Crippen molar-refractivity contribution in [3.8, 4) is 0 Å². The molecule has 4 heterocycles. The number of amides is 1. The SMILES string of the molecule is Cc1cc(C2CCCN2C(=O)c2cc3ccccn3c2)on1. The summed E-state index contributed by atoms with van der Waals surface area (Å²) in [6.07, 6.45) is 5.75. The maximum Gasteiger partial charge on any atom is 0.256 e. The highest BCUT2D eigenvalue weighted by atomic mass is 16.5. The first-order valence-electron chi connectivity index (χ1n) is 7.53. The van der Waals surface area contributed by atoms with Gasteiger partial charge in [-0.2, -0.15) is 0 Å². The summed E-state index contributed by atoms with van der Waals surface area (Å²) in [4.78, 5) is 14.8. The number of aryl methyl sites for hydroxylation is 1. The van der Waals surface area contributed by atoms with Gasteiger partial charge < -0.3 is 13.8 Å². The standard InChI is InChI=1S/C17H17N3O2/c1-12-9-16(22-18-12)15-6-4-8-20(15)17(21)13-10-14-5-2-3-7-19(14)11-13/h2-3,5,7,9-11,15H,4,6,8H2,1H3. The monoisotopic (exact) mass is 295 g/mol. The van der Waals surface area contributed by atoms with Crippen molar-refractivity contribution < 1.29 is 9.32 Å². The molecular formula is C17H17N3O2. The number of carbonyl (C=O) groups excluding carboxylic acids is 1. The molecule has 1 saturated heterocycles. The molecule has 1 unspecified atom stereocenters. The van der Waals surface area contributed by atoms with E-state index in [9.17, 15) is 4.79 Å². The van der Waals surface area contributed by atoms with Gasteiger partial charge in [-0.25, -0.2) is 0 Å². The first-order valence-corrected chi connectivity index (χ1v) is 7.53. The van der Waals surface area contributed by atoms with Crippen molar-refractivity contribution in [3.05, 3.63) is 59.7 Å². The molecule has 22 heavy (non-hydrogen) atoms. The van der Waals surface area contributed by atoms with Crippen molar-refractivity contribution in [2.75, 3.05) is 6.54 Å². The fourth-order valence-electron chi connectivity index (χ4n) is 3.18. The van der Waals surface area contributed by atoms with Crippen LogP contribution in [0.25, 0.3) is 5.52 Å². The van der Waals surface area contributed by atoms with E-state index < -0.39 is 0 Å². The molecule has 1 atom stereocenters. The Kier molecular flexibility index (Phi) is 2.99. The van der Waals surface area contributed by atoms with Gasteiger partial charge in [-0.3, -0.25) is 4.79 Å². The Labute approximate surface area is 128 Å². The van der Waals surface area contributed by atoms with Gasteiger partial charge in [0.25, 0.3) is 5.91 Å². The number of aromatic nitrogens is 2. The van der Waals surface area contributed by atoms with Crippen LogP contribution in [0.3, 0.4) is 0 Å². The minimum Gasteiger partial charge on any atom is -0.359 e. The van der Waals surface area contributed by atoms with Gasteiger partial charge in [-0.05, 0) is 38.0 Å². The Morgan fingerprint density at radius 2 is 2.27 bits per heavy atom. The van der Waals surface area contributed by atoms with Crippen molar-refractivity contribution in [2.45, 2.75) is 25.8 Å². The number of likely N-dealkylation sites (tertiary alicyclic amines) is 1. The number of hydrogen-bond donors (Lipinski definition) is 0. The lowest BCUT2D eigenvalue weighted by molar-refractivity contribution is 0.0715. The lowest BCUT2D eigenvalue weighted by atomic mass is 10.1. The Morgan fingerprint density at radius 3 is 3.05 bits per heavy atom. The molecule has 5 heteroatoms. The lowest BCUT2D eigenvalue weighted by Gasteiger charge is -2.22. The highest BCUT2D eigenvalue weighted by Crippen LogP contribution is 2.33. The molecule has 0 bridgehead atoms. The molecule has 1 fully saturated rings. The van der Waals surface area contributed by atoms with E-state index in [1.165, 1.54) is 0 Å². The second-order valence-corrected chi connectivity index (χ2v) is 5.79. The largest absolute Gasteiger partial charge is 0.359 e. The maximum atomic E-state index is 12.9. The van der Waals surface area contributed by atoms with Crippen LogP contribution in [0.5, 0.6) is 0 Å². The quantitative estimate of drug-likeness (QED) is 0.729. The molecule has 1 aliphatic heterocycles. The number of hydrogen-bond acceptors (Lipinski definition) is 3. The zero-order chi connectivity index (χ0) is 15.1. The average Bonchev–Trinajstić information content (AvgIpc) is 3.24. The number of carbonyl (C=O) groups is 1. The molecular weight excluding hydrogens is 278 g/mol. The van der Waals surface area contributed by atoms with Crippen LogP contribution >= 0.6 is 0 Å². The number of pyridine rings is 1. The smallest absolute Gasteiger partial charge is 0.256 e. The van der Waals surface area contributed by atoms with Gasteiger partial charge >= 0.3 is 0 Å². The summed E-state index contributed by atoms with van der Waals surface area (Å²) in [6.45, 7) is 2.66. The Hall–Kier alpha value is -2.56. The van der Waals surface area contributed by atoms with Gasteiger partial charge in [0.1, 0.15) is 0 Å². The molecule has 0 aromatic carbocycles. The van der Waals surface area contributed by atoms with Crippen LogP contribution < -0.4 is 0 Å². The second-order valence-electron chi connectivity index (χ2n) is 5.79. The maximum absolute atomic E-state index is 12.9. The fourth-order valence-corrected chi connectivity index (χ4v) is 3.18. The third-order valence-corrected chi connectivity index (χ3v) is 4.24. The number of rotatable bonds is 2. The Balaban J connectivity index is 1.66. The first-order chi connectivity index (χ1) is 10.7. The molecule has 0 saturated carbocycles. The molecule has 1 amide bonds. The van der Waals surface area contributed by atoms with E-state index in [4.69, 9.17) is 4.52 Å². The predicted octanol–water partition coefficient (Wildman–Crippen LogP) is 3.21. The van der Waals surface area contributed by atoms with Crippen LogP contribution in [0.15, 0.2) is 47.2 Å². The molecule has 0 spiro atoms. The summed E-state index contributed by atoms with van der Waals surface area (Å²) >= 11 is 0. The molecule has 0 radical (unpaired) electrons. The van der Waals surface area contributed by atoms with Crippen molar-refractivity contribution in [2.24, 2.45) is 0 Å². The van der Waals surface area contributed by atoms with Crippen LogP contribution in [-0.2, 0) is 0 Å². The summed E-state index contributed by atoms with van der Waals surface area (Å²) < 4.78 is 7.34. The summed E-state index contributed by atoms with van der Waals surface area (Å²) in [6, 6.07) is 9.78. The second kappa shape index (κ2) is 5.02. The topological polar surface area (TPSA) is 50.8 Å². The van der Waals surface area contributed by atoms with Gasteiger partial charge in [0.15, 0.2) is 5.76 Å². The van der Waals surface area contributed by atoms with E-state index in [-0.39, 0.29) is 11.9 Å². The molecule has 0 N–H and O–H groups in total. The zero-order valence-corrected chi connectivity index (χ0v) is 12.4. The lowest BCUT2D eigenvalue weighted by Crippen LogP contribution is -2.30. The molecule has 5 nitrogen and oxygen atoms in total.